The van der Waals surface area contributed by atoms with Gasteiger partial charge in [-0.1, -0.05) is 12.1 Å². The summed E-state index contributed by atoms with van der Waals surface area (Å²) in [7, 11) is 0. The van der Waals surface area contributed by atoms with Crippen LogP contribution in [0.15, 0.2) is 39.7 Å². The Labute approximate surface area is 195 Å². The lowest BCUT2D eigenvalue weighted by molar-refractivity contribution is 0.0657. The minimum atomic E-state index is -1.10. The first-order valence-electron chi connectivity index (χ1n) is 10.1. The van der Waals surface area contributed by atoms with Gasteiger partial charge in [0.2, 0.25) is 0 Å². The number of halogens is 1. The zero-order valence-corrected chi connectivity index (χ0v) is 20.7. The summed E-state index contributed by atoms with van der Waals surface area (Å²) >= 11 is 0. The molecule has 164 valence electrons. The smallest absolute Gasteiger partial charge is 0.191 e. The standard InChI is InChI=1S/C22H31N5O2.HI/c1-6-23-21(25-14-22(5,28)18-13-15(2)29-16(18)3)24-11-12-27-17(4)26-19-9-7-8-10-20(19)27;/h7-10,13,28H,6,11-12,14H2,1-5H3,(H2,23,24,25);1H. The van der Waals surface area contributed by atoms with Crippen molar-refractivity contribution in [3.63, 3.8) is 0 Å². The van der Waals surface area contributed by atoms with E-state index in [2.05, 4.69) is 31.2 Å². The zero-order chi connectivity index (χ0) is 21.0. The van der Waals surface area contributed by atoms with Crippen molar-refractivity contribution in [3.8, 4) is 0 Å². The number of nitrogens with one attached hydrogen (secondary N) is 2. The molecule has 3 N–H and O–H groups in total. The number of aliphatic hydroxyl groups is 1. The quantitative estimate of drug-likeness (QED) is 0.249. The Morgan fingerprint density at radius 2 is 1.97 bits per heavy atom. The lowest BCUT2D eigenvalue weighted by Crippen LogP contribution is -2.40. The SMILES string of the molecule is CCNC(=NCC(C)(O)c1cc(C)oc1C)NCCn1c(C)nc2ccccc21.I. The summed E-state index contributed by atoms with van der Waals surface area (Å²) in [5.74, 6) is 3.18. The topological polar surface area (TPSA) is 87.6 Å². The van der Waals surface area contributed by atoms with Gasteiger partial charge in [0.05, 0.1) is 17.6 Å². The van der Waals surface area contributed by atoms with Crippen molar-refractivity contribution in [1.29, 1.82) is 0 Å². The molecule has 2 aromatic heterocycles. The summed E-state index contributed by atoms with van der Waals surface area (Å²) in [6, 6.07) is 10.0. The van der Waals surface area contributed by atoms with Gasteiger partial charge in [0.25, 0.3) is 0 Å². The molecule has 0 spiro atoms. The van der Waals surface area contributed by atoms with Crippen molar-refractivity contribution in [2.75, 3.05) is 19.6 Å². The predicted octanol–water partition coefficient (Wildman–Crippen LogP) is 3.64. The van der Waals surface area contributed by atoms with E-state index >= 15 is 0 Å². The fraction of sp³-hybridized carbons (Fsp3) is 0.455. The number of rotatable bonds is 7. The predicted molar refractivity (Wildman–Crippen MR) is 132 cm³/mol. The van der Waals surface area contributed by atoms with Crippen molar-refractivity contribution in [2.45, 2.75) is 46.8 Å². The van der Waals surface area contributed by atoms with Crippen molar-refractivity contribution < 1.29 is 9.52 Å². The van der Waals surface area contributed by atoms with Crippen LogP contribution in [0.5, 0.6) is 0 Å². The lowest BCUT2D eigenvalue weighted by Gasteiger charge is -2.21. The highest BCUT2D eigenvalue weighted by atomic mass is 127. The van der Waals surface area contributed by atoms with Gasteiger partial charge >= 0.3 is 0 Å². The molecule has 1 unspecified atom stereocenters. The number of hydrogen-bond acceptors (Lipinski definition) is 4. The van der Waals surface area contributed by atoms with Crippen molar-refractivity contribution in [1.82, 2.24) is 20.2 Å². The molecule has 0 radical (unpaired) electrons. The van der Waals surface area contributed by atoms with Gasteiger partial charge < -0.3 is 24.7 Å². The molecule has 8 heteroatoms. The fourth-order valence-electron chi connectivity index (χ4n) is 3.59. The Bertz CT molecular complexity index is 1010. The number of para-hydroxylation sites is 2. The van der Waals surface area contributed by atoms with Gasteiger partial charge in [0, 0.05) is 25.2 Å². The maximum Gasteiger partial charge on any atom is 0.191 e. The molecule has 3 aromatic rings. The van der Waals surface area contributed by atoms with Gasteiger partial charge in [-0.05, 0) is 52.8 Å². The summed E-state index contributed by atoms with van der Waals surface area (Å²) in [5, 5.41) is 17.5. The van der Waals surface area contributed by atoms with Crippen LogP contribution in [0.4, 0.5) is 0 Å². The van der Waals surface area contributed by atoms with Gasteiger partial charge in [0.1, 0.15) is 22.9 Å². The highest BCUT2D eigenvalue weighted by Crippen LogP contribution is 2.27. The molecule has 0 saturated carbocycles. The van der Waals surface area contributed by atoms with Crippen LogP contribution in [-0.4, -0.2) is 40.3 Å². The summed E-state index contributed by atoms with van der Waals surface area (Å²) in [4.78, 5) is 9.20. The minimum absolute atomic E-state index is 0. The molecule has 30 heavy (non-hydrogen) atoms. The van der Waals surface area contributed by atoms with Crippen LogP contribution >= 0.6 is 24.0 Å². The van der Waals surface area contributed by atoms with Crippen LogP contribution in [0.1, 0.15) is 36.8 Å². The van der Waals surface area contributed by atoms with E-state index < -0.39 is 5.60 Å². The summed E-state index contributed by atoms with van der Waals surface area (Å²) in [5.41, 5.74) is 1.81. The van der Waals surface area contributed by atoms with E-state index in [9.17, 15) is 5.11 Å². The number of benzene rings is 1. The summed E-state index contributed by atoms with van der Waals surface area (Å²) in [6.45, 7) is 12.0. The molecule has 0 fully saturated rings. The van der Waals surface area contributed by atoms with E-state index in [0.717, 1.165) is 47.0 Å². The largest absolute Gasteiger partial charge is 0.466 e. The Hall–Kier alpha value is -2.07. The second-order valence-electron chi connectivity index (χ2n) is 7.52. The first-order valence-corrected chi connectivity index (χ1v) is 10.1. The van der Waals surface area contributed by atoms with Gasteiger partial charge in [-0.25, -0.2) is 9.98 Å². The molecule has 0 aliphatic heterocycles. The normalized spacial score (nSPS) is 13.7. The Kier molecular flexibility index (Phi) is 8.31. The van der Waals surface area contributed by atoms with Gasteiger partial charge in [-0.2, -0.15) is 0 Å². The number of fused-ring (bicyclic) bond motifs is 1. The molecule has 7 nitrogen and oxygen atoms in total. The van der Waals surface area contributed by atoms with Crippen LogP contribution in [-0.2, 0) is 12.1 Å². The molecule has 0 aliphatic carbocycles. The Balaban J connectivity index is 0.00000320. The summed E-state index contributed by atoms with van der Waals surface area (Å²) < 4.78 is 7.75. The van der Waals surface area contributed by atoms with Crippen LogP contribution in [0.3, 0.4) is 0 Å². The third-order valence-corrected chi connectivity index (χ3v) is 4.98. The molecule has 0 aliphatic rings. The van der Waals surface area contributed by atoms with Crippen molar-refractivity contribution >= 4 is 41.0 Å². The number of aromatic nitrogens is 2. The van der Waals surface area contributed by atoms with Crippen LogP contribution in [0.25, 0.3) is 11.0 Å². The first kappa shape index (κ1) is 24.2. The molecule has 1 aromatic carbocycles. The molecular formula is C22H32IN5O2. The second-order valence-corrected chi connectivity index (χ2v) is 7.52. The fourth-order valence-corrected chi connectivity index (χ4v) is 3.59. The van der Waals surface area contributed by atoms with E-state index in [0.29, 0.717) is 12.5 Å². The van der Waals surface area contributed by atoms with Gasteiger partial charge in [0.15, 0.2) is 5.96 Å². The van der Waals surface area contributed by atoms with Crippen LogP contribution in [0.2, 0.25) is 0 Å². The number of furan rings is 1. The molecule has 1 atom stereocenters. The maximum atomic E-state index is 10.9. The van der Waals surface area contributed by atoms with Crippen LogP contribution < -0.4 is 10.6 Å². The van der Waals surface area contributed by atoms with E-state index in [1.165, 1.54) is 0 Å². The molecular weight excluding hydrogens is 493 g/mol. The number of aliphatic imine (C=N–C) groups is 1. The second kappa shape index (κ2) is 10.3. The van der Waals surface area contributed by atoms with E-state index in [-0.39, 0.29) is 30.5 Å². The van der Waals surface area contributed by atoms with Gasteiger partial charge in [-0.15, -0.1) is 24.0 Å². The number of nitrogens with zero attached hydrogens (tertiary/aromatic N) is 3. The van der Waals surface area contributed by atoms with Gasteiger partial charge in [-0.3, -0.25) is 0 Å². The number of guanidine groups is 1. The maximum absolute atomic E-state index is 10.9. The molecule has 3 rings (SSSR count). The summed E-state index contributed by atoms with van der Waals surface area (Å²) in [6.07, 6.45) is 0. The van der Waals surface area contributed by atoms with Crippen molar-refractivity contribution in [3.05, 3.63) is 53.2 Å². The Morgan fingerprint density at radius 1 is 1.23 bits per heavy atom. The molecule has 2 heterocycles. The monoisotopic (exact) mass is 525 g/mol. The van der Waals surface area contributed by atoms with E-state index in [1.54, 1.807) is 6.92 Å². The molecule has 0 saturated heterocycles. The van der Waals surface area contributed by atoms with Crippen LogP contribution in [0, 0.1) is 20.8 Å². The molecule has 0 bridgehead atoms. The highest BCUT2D eigenvalue weighted by molar-refractivity contribution is 14.0. The number of hydrogen-bond donors (Lipinski definition) is 3. The lowest BCUT2D eigenvalue weighted by atomic mass is 9.96. The third-order valence-electron chi connectivity index (χ3n) is 4.98. The average Bonchev–Trinajstić information content (AvgIpc) is 3.18. The zero-order valence-electron chi connectivity index (χ0n) is 18.3. The van der Waals surface area contributed by atoms with E-state index in [1.807, 2.05) is 52.0 Å². The third kappa shape index (κ3) is 5.54. The Morgan fingerprint density at radius 3 is 2.63 bits per heavy atom. The number of aryl methyl sites for hydroxylation is 3. The minimum Gasteiger partial charge on any atom is -0.466 e. The average molecular weight is 525 g/mol. The highest BCUT2D eigenvalue weighted by Gasteiger charge is 2.27. The van der Waals surface area contributed by atoms with E-state index in [4.69, 9.17) is 4.42 Å². The molecule has 0 amide bonds. The number of imidazole rings is 1. The first-order chi connectivity index (χ1) is 13.8. The van der Waals surface area contributed by atoms with Crippen molar-refractivity contribution in [2.24, 2.45) is 4.99 Å².